The van der Waals surface area contributed by atoms with Crippen LogP contribution in [-0.4, -0.2) is 28.4 Å². The topological polar surface area (TPSA) is 95.5 Å². The minimum Gasteiger partial charge on any atom is -0.481 e. The Bertz CT molecular complexity index is 825. The highest BCUT2D eigenvalue weighted by Gasteiger charge is 2.37. The fourth-order valence-electron chi connectivity index (χ4n) is 3.50. The second-order valence-electron chi connectivity index (χ2n) is 6.91. The van der Waals surface area contributed by atoms with Gasteiger partial charge in [-0.2, -0.15) is 0 Å². The lowest BCUT2D eigenvalue weighted by Gasteiger charge is -2.28. The van der Waals surface area contributed by atoms with Crippen molar-refractivity contribution in [3.63, 3.8) is 0 Å². The van der Waals surface area contributed by atoms with Crippen LogP contribution in [-0.2, 0) is 4.79 Å². The molecule has 3 N–H and O–H groups in total. The quantitative estimate of drug-likeness (QED) is 0.729. The van der Waals surface area contributed by atoms with Crippen molar-refractivity contribution in [3.8, 4) is 0 Å². The van der Waals surface area contributed by atoms with Crippen molar-refractivity contribution in [3.05, 3.63) is 65.7 Å². The van der Waals surface area contributed by atoms with Gasteiger partial charge in [0.1, 0.15) is 0 Å². The number of carbonyl (C=O) groups excluding carboxylic acids is 2. The molecule has 0 radical (unpaired) electrons. The van der Waals surface area contributed by atoms with Crippen molar-refractivity contribution < 1.29 is 19.5 Å². The van der Waals surface area contributed by atoms with E-state index in [0.717, 1.165) is 12.8 Å². The molecule has 2 amide bonds. The van der Waals surface area contributed by atoms with E-state index in [1.54, 1.807) is 48.5 Å². The van der Waals surface area contributed by atoms with Gasteiger partial charge in [-0.1, -0.05) is 31.0 Å². The molecule has 1 aliphatic rings. The highest BCUT2D eigenvalue weighted by Crippen LogP contribution is 2.33. The summed E-state index contributed by atoms with van der Waals surface area (Å²) in [5.74, 6) is -1.42. The van der Waals surface area contributed by atoms with Crippen LogP contribution in [0.4, 0.5) is 5.69 Å². The van der Waals surface area contributed by atoms with Gasteiger partial charge in [-0.25, -0.2) is 0 Å². The van der Waals surface area contributed by atoms with E-state index < -0.39 is 11.5 Å². The SMILES string of the molecule is O=C(O)CC1(NC(=O)c2ccc(NC(=O)c3ccccc3)cc2)CCCC1. The van der Waals surface area contributed by atoms with Gasteiger partial charge in [0.05, 0.1) is 12.0 Å². The minimum absolute atomic E-state index is 0.0655. The number of aliphatic carboxylic acids is 1. The van der Waals surface area contributed by atoms with Crippen LogP contribution in [0, 0.1) is 0 Å². The number of carboxylic acid groups (broad SMARTS) is 1. The van der Waals surface area contributed by atoms with Crippen LogP contribution in [0.5, 0.6) is 0 Å². The highest BCUT2D eigenvalue weighted by molar-refractivity contribution is 6.04. The zero-order valence-corrected chi connectivity index (χ0v) is 14.9. The number of hydrogen-bond acceptors (Lipinski definition) is 3. The van der Waals surface area contributed by atoms with Gasteiger partial charge in [0.15, 0.2) is 0 Å². The smallest absolute Gasteiger partial charge is 0.305 e. The molecule has 3 rings (SSSR count). The van der Waals surface area contributed by atoms with E-state index >= 15 is 0 Å². The van der Waals surface area contributed by atoms with Crippen LogP contribution in [0.2, 0.25) is 0 Å². The van der Waals surface area contributed by atoms with Gasteiger partial charge >= 0.3 is 5.97 Å². The standard InChI is InChI=1S/C21H22N2O4/c24-18(25)14-21(12-4-5-13-21)23-20(27)16-8-10-17(11-9-16)22-19(26)15-6-2-1-3-7-15/h1-3,6-11H,4-5,12-14H2,(H,22,26)(H,23,27)(H,24,25). The van der Waals surface area contributed by atoms with E-state index in [4.69, 9.17) is 5.11 Å². The predicted octanol–water partition coefficient (Wildman–Crippen LogP) is 3.46. The average Bonchev–Trinajstić information content (AvgIpc) is 3.10. The van der Waals surface area contributed by atoms with Gasteiger partial charge in [0.25, 0.3) is 11.8 Å². The Morgan fingerprint density at radius 1 is 0.852 bits per heavy atom. The summed E-state index contributed by atoms with van der Waals surface area (Å²) < 4.78 is 0. The zero-order chi connectivity index (χ0) is 19.3. The van der Waals surface area contributed by atoms with Gasteiger partial charge < -0.3 is 15.7 Å². The lowest BCUT2D eigenvalue weighted by molar-refractivity contribution is -0.138. The van der Waals surface area contributed by atoms with Crippen molar-refractivity contribution in [2.24, 2.45) is 0 Å². The van der Waals surface area contributed by atoms with Crippen molar-refractivity contribution in [2.75, 3.05) is 5.32 Å². The molecule has 6 heteroatoms. The van der Waals surface area contributed by atoms with Crippen LogP contribution in [0.15, 0.2) is 54.6 Å². The average molecular weight is 366 g/mol. The first-order chi connectivity index (χ1) is 13.0. The van der Waals surface area contributed by atoms with Gasteiger partial charge in [-0.3, -0.25) is 14.4 Å². The molecular weight excluding hydrogens is 344 g/mol. The van der Waals surface area contributed by atoms with E-state index in [2.05, 4.69) is 10.6 Å². The fraction of sp³-hybridized carbons (Fsp3) is 0.286. The molecule has 6 nitrogen and oxygen atoms in total. The van der Waals surface area contributed by atoms with Crippen molar-refractivity contribution in [1.29, 1.82) is 0 Å². The maximum atomic E-state index is 12.6. The molecule has 2 aromatic carbocycles. The molecule has 1 saturated carbocycles. The number of anilines is 1. The molecule has 0 aliphatic heterocycles. The summed E-state index contributed by atoms with van der Waals surface area (Å²) in [6, 6.07) is 15.4. The Labute approximate surface area is 157 Å². The van der Waals surface area contributed by atoms with Crippen LogP contribution in [0.1, 0.15) is 52.8 Å². The third-order valence-corrected chi connectivity index (χ3v) is 4.87. The first kappa shape index (κ1) is 18.6. The minimum atomic E-state index is -0.906. The van der Waals surface area contributed by atoms with Crippen LogP contribution in [0.3, 0.4) is 0 Å². The van der Waals surface area contributed by atoms with E-state index in [1.165, 1.54) is 0 Å². The Kier molecular flexibility index (Phi) is 5.54. The summed E-state index contributed by atoms with van der Waals surface area (Å²) in [5, 5.41) is 14.8. The lowest BCUT2D eigenvalue weighted by atomic mass is 9.92. The molecule has 0 unspecified atom stereocenters. The normalized spacial score (nSPS) is 15.1. The van der Waals surface area contributed by atoms with Gasteiger partial charge in [0.2, 0.25) is 0 Å². The molecule has 1 fully saturated rings. The van der Waals surface area contributed by atoms with E-state index in [-0.39, 0.29) is 18.2 Å². The maximum Gasteiger partial charge on any atom is 0.305 e. The Hall–Kier alpha value is -3.15. The Balaban J connectivity index is 1.65. The summed E-state index contributed by atoms with van der Waals surface area (Å²) >= 11 is 0. The van der Waals surface area contributed by atoms with Gasteiger partial charge in [-0.05, 0) is 49.2 Å². The number of carboxylic acids is 1. The molecule has 0 spiro atoms. The van der Waals surface area contributed by atoms with E-state index in [0.29, 0.717) is 29.7 Å². The summed E-state index contributed by atoms with van der Waals surface area (Å²) in [6.07, 6.45) is 3.12. The summed E-state index contributed by atoms with van der Waals surface area (Å²) in [6.45, 7) is 0. The molecule has 1 aliphatic carbocycles. The lowest BCUT2D eigenvalue weighted by Crippen LogP contribution is -2.47. The molecule has 0 aromatic heterocycles. The van der Waals surface area contributed by atoms with Crippen LogP contribution in [0.25, 0.3) is 0 Å². The molecule has 27 heavy (non-hydrogen) atoms. The molecule has 0 saturated heterocycles. The van der Waals surface area contributed by atoms with Gasteiger partial charge in [-0.15, -0.1) is 0 Å². The first-order valence-electron chi connectivity index (χ1n) is 8.98. The monoisotopic (exact) mass is 366 g/mol. The Morgan fingerprint density at radius 2 is 1.44 bits per heavy atom. The highest BCUT2D eigenvalue weighted by atomic mass is 16.4. The van der Waals surface area contributed by atoms with Crippen molar-refractivity contribution >= 4 is 23.5 Å². The van der Waals surface area contributed by atoms with Gasteiger partial charge in [0, 0.05) is 16.8 Å². The number of hydrogen-bond donors (Lipinski definition) is 3. The molecular formula is C21H22N2O4. The molecule has 0 heterocycles. The summed E-state index contributed by atoms with van der Waals surface area (Å²) in [4.78, 5) is 35.9. The third kappa shape index (κ3) is 4.73. The van der Waals surface area contributed by atoms with E-state index in [9.17, 15) is 14.4 Å². The molecule has 0 atom stereocenters. The predicted molar refractivity (Wildman–Crippen MR) is 102 cm³/mol. The largest absolute Gasteiger partial charge is 0.481 e. The molecule has 140 valence electrons. The second kappa shape index (κ2) is 8.03. The van der Waals surface area contributed by atoms with Crippen molar-refractivity contribution in [2.45, 2.75) is 37.6 Å². The Morgan fingerprint density at radius 3 is 2.04 bits per heavy atom. The van der Waals surface area contributed by atoms with Crippen LogP contribution < -0.4 is 10.6 Å². The fourth-order valence-corrected chi connectivity index (χ4v) is 3.50. The number of rotatable bonds is 6. The molecule has 2 aromatic rings. The first-order valence-corrected chi connectivity index (χ1v) is 8.98. The maximum absolute atomic E-state index is 12.6. The van der Waals surface area contributed by atoms with Crippen LogP contribution >= 0.6 is 0 Å². The third-order valence-electron chi connectivity index (χ3n) is 4.87. The van der Waals surface area contributed by atoms with Crippen molar-refractivity contribution in [1.82, 2.24) is 5.32 Å². The number of benzene rings is 2. The summed E-state index contributed by atoms with van der Waals surface area (Å²) in [5.41, 5.74) is 0.908. The number of nitrogens with one attached hydrogen (secondary N) is 2. The second-order valence-corrected chi connectivity index (χ2v) is 6.91. The number of amides is 2. The van der Waals surface area contributed by atoms with E-state index in [1.807, 2.05) is 6.07 Å². The zero-order valence-electron chi connectivity index (χ0n) is 14.9. The molecule has 0 bridgehead atoms. The summed E-state index contributed by atoms with van der Waals surface area (Å²) in [7, 11) is 0. The number of carbonyl (C=O) groups is 3.